The SMILES string of the molecule is COc1cc(NC(C(=O)c2c[nH]c3cc(OC)ccc23)c2ccc(Cl)cc2OCCO)cc(S(C)(=O)=O)c1. The molecule has 38 heavy (non-hydrogen) atoms. The predicted octanol–water partition coefficient (Wildman–Crippen LogP) is 4.65. The average Bonchev–Trinajstić information content (AvgIpc) is 3.33. The van der Waals surface area contributed by atoms with Gasteiger partial charge in [-0.2, -0.15) is 0 Å². The molecule has 0 fully saturated rings. The molecule has 0 spiro atoms. The second kappa shape index (κ2) is 11.3. The zero-order chi connectivity index (χ0) is 27.4. The molecule has 4 rings (SSSR count). The van der Waals surface area contributed by atoms with Crippen LogP contribution < -0.4 is 19.5 Å². The van der Waals surface area contributed by atoms with E-state index in [0.29, 0.717) is 50.0 Å². The Balaban J connectivity index is 1.86. The van der Waals surface area contributed by atoms with Crippen molar-refractivity contribution < 1.29 is 32.5 Å². The van der Waals surface area contributed by atoms with Crippen LogP contribution in [0.25, 0.3) is 10.9 Å². The van der Waals surface area contributed by atoms with Gasteiger partial charge in [0.05, 0.1) is 25.7 Å². The highest BCUT2D eigenvalue weighted by Gasteiger charge is 2.28. The van der Waals surface area contributed by atoms with Crippen LogP contribution in [0.5, 0.6) is 17.2 Å². The van der Waals surface area contributed by atoms with Crippen LogP contribution in [0, 0.1) is 0 Å². The molecule has 3 aromatic carbocycles. The summed E-state index contributed by atoms with van der Waals surface area (Å²) < 4.78 is 40.9. The number of aromatic nitrogens is 1. The van der Waals surface area contributed by atoms with Crippen LogP contribution in [0.15, 0.2) is 65.7 Å². The number of carbonyl (C=O) groups is 1. The number of benzene rings is 3. The Morgan fingerprint density at radius 3 is 2.50 bits per heavy atom. The molecule has 200 valence electrons. The van der Waals surface area contributed by atoms with E-state index in [4.69, 9.17) is 25.8 Å². The maximum Gasteiger partial charge on any atom is 0.191 e. The van der Waals surface area contributed by atoms with E-state index < -0.39 is 15.9 Å². The number of aliphatic hydroxyl groups excluding tert-OH is 1. The first-order valence-corrected chi connectivity index (χ1v) is 13.8. The molecule has 0 saturated carbocycles. The fourth-order valence-electron chi connectivity index (χ4n) is 4.06. The molecule has 0 radical (unpaired) electrons. The Morgan fingerprint density at radius 2 is 1.82 bits per heavy atom. The number of halogens is 1. The van der Waals surface area contributed by atoms with Gasteiger partial charge in [-0.25, -0.2) is 8.42 Å². The number of rotatable bonds is 11. The molecule has 4 aromatic rings. The molecule has 0 aliphatic rings. The number of aliphatic hydroxyl groups is 1. The van der Waals surface area contributed by atoms with Crippen LogP contribution >= 0.6 is 11.6 Å². The fraction of sp³-hybridized carbons (Fsp3) is 0.222. The van der Waals surface area contributed by atoms with Gasteiger partial charge in [-0.05, 0) is 36.4 Å². The number of Topliss-reactive ketones (excluding diaryl/α,β-unsaturated/α-hetero) is 1. The molecule has 0 bridgehead atoms. The van der Waals surface area contributed by atoms with Crippen LogP contribution in [0.4, 0.5) is 5.69 Å². The minimum Gasteiger partial charge on any atom is -0.497 e. The molecule has 11 heteroatoms. The largest absolute Gasteiger partial charge is 0.497 e. The molecule has 1 unspecified atom stereocenters. The van der Waals surface area contributed by atoms with Crippen molar-refractivity contribution in [1.29, 1.82) is 0 Å². The molecule has 0 aliphatic carbocycles. The summed E-state index contributed by atoms with van der Waals surface area (Å²) in [5.74, 6) is 0.912. The summed E-state index contributed by atoms with van der Waals surface area (Å²) in [6.07, 6.45) is 2.70. The molecule has 9 nitrogen and oxygen atoms in total. The number of ketones is 1. The number of ether oxygens (including phenoxy) is 3. The Bertz CT molecular complexity index is 1580. The molecule has 1 heterocycles. The Kier molecular flexibility index (Phi) is 8.15. The number of sulfone groups is 1. The lowest BCUT2D eigenvalue weighted by atomic mass is 9.95. The number of H-pyrrole nitrogens is 1. The number of fused-ring (bicyclic) bond motifs is 1. The lowest BCUT2D eigenvalue weighted by Gasteiger charge is -2.23. The zero-order valence-corrected chi connectivity index (χ0v) is 22.5. The first-order chi connectivity index (χ1) is 18.1. The first-order valence-electron chi connectivity index (χ1n) is 11.5. The molecule has 0 amide bonds. The summed E-state index contributed by atoms with van der Waals surface area (Å²) in [5.41, 5.74) is 1.89. The highest BCUT2D eigenvalue weighted by Crippen LogP contribution is 2.36. The Labute approximate surface area is 225 Å². The predicted molar refractivity (Wildman–Crippen MR) is 146 cm³/mol. The molecule has 3 N–H and O–H groups in total. The number of nitrogens with one attached hydrogen (secondary N) is 2. The van der Waals surface area contributed by atoms with Crippen molar-refractivity contribution in [2.75, 3.05) is 39.0 Å². The Hall–Kier alpha value is -3.73. The summed E-state index contributed by atoms with van der Waals surface area (Å²) in [7, 11) is -0.591. The molecule has 1 aromatic heterocycles. The van der Waals surface area contributed by atoms with Gasteiger partial charge in [0.1, 0.15) is 29.9 Å². The quantitative estimate of drug-likeness (QED) is 0.227. The number of hydrogen-bond donors (Lipinski definition) is 3. The van der Waals surface area contributed by atoms with Crippen LogP contribution in [0.2, 0.25) is 5.02 Å². The summed E-state index contributed by atoms with van der Waals surface area (Å²) in [4.78, 5) is 17.3. The van der Waals surface area contributed by atoms with Crippen molar-refractivity contribution in [1.82, 2.24) is 4.98 Å². The van der Waals surface area contributed by atoms with Gasteiger partial charge >= 0.3 is 0 Å². The zero-order valence-electron chi connectivity index (χ0n) is 20.9. The van der Waals surface area contributed by atoms with Crippen molar-refractivity contribution in [3.63, 3.8) is 0 Å². The van der Waals surface area contributed by atoms with Gasteiger partial charge in [0.25, 0.3) is 0 Å². The average molecular weight is 559 g/mol. The standard InChI is InChI=1S/C27H27ClN2O7S/c1-35-18-5-7-21-23(15-29-24(21)14-18)27(32)26(22-6-4-16(28)10-25(22)37-9-8-31)30-17-11-19(36-2)13-20(12-17)38(3,33)34/h4-7,10-15,26,29-31H,8-9H2,1-3H3. The number of hydrogen-bond acceptors (Lipinski definition) is 8. The van der Waals surface area contributed by atoms with Gasteiger partial charge in [-0.3, -0.25) is 4.79 Å². The van der Waals surface area contributed by atoms with E-state index in [1.54, 1.807) is 55.8 Å². The lowest BCUT2D eigenvalue weighted by Crippen LogP contribution is -2.22. The van der Waals surface area contributed by atoms with E-state index in [-0.39, 0.29) is 23.9 Å². The molecule has 0 aliphatic heterocycles. The monoisotopic (exact) mass is 558 g/mol. The van der Waals surface area contributed by atoms with Gasteiger partial charge in [0.2, 0.25) is 0 Å². The number of methoxy groups -OCH3 is 2. The highest BCUT2D eigenvalue weighted by molar-refractivity contribution is 7.90. The van der Waals surface area contributed by atoms with E-state index in [0.717, 1.165) is 6.26 Å². The second-order valence-corrected chi connectivity index (χ2v) is 10.9. The summed E-state index contributed by atoms with van der Waals surface area (Å²) in [5, 5.41) is 13.6. The van der Waals surface area contributed by atoms with Crippen molar-refractivity contribution >= 4 is 43.8 Å². The summed E-state index contributed by atoms with van der Waals surface area (Å²) in [6, 6.07) is 13.6. The van der Waals surface area contributed by atoms with E-state index in [2.05, 4.69) is 10.3 Å². The van der Waals surface area contributed by atoms with Gasteiger partial charge in [-0.1, -0.05) is 17.7 Å². The number of carbonyl (C=O) groups excluding carboxylic acids is 1. The van der Waals surface area contributed by atoms with E-state index in [9.17, 15) is 18.3 Å². The maximum absolute atomic E-state index is 14.1. The van der Waals surface area contributed by atoms with Crippen LogP contribution in [0.3, 0.4) is 0 Å². The van der Waals surface area contributed by atoms with E-state index in [1.807, 2.05) is 0 Å². The minimum absolute atomic E-state index is 0.0154. The van der Waals surface area contributed by atoms with Crippen molar-refractivity contribution in [2.45, 2.75) is 10.9 Å². The second-order valence-electron chi connectivity index (χ2n) is 8.48. The maximum atomic E-state index is 14.1. The van der Waals surface area contributed by atoms with Crippen molar-refractivity contribution in [2.24, 2.45) is 0 Å². The van der Waals surface area contributed by atoms with Gasteiger partial charge in [0.15, 0.2) is 15.6 Å². The lowest BCUT2D eigenvalue weighted by molar-refractivity contribution is 0.0969. The van der Waals surface area contributed by atoms with Crippen LogP contribution in [-0.4, -0.2) is 58.0 Å². The van der Waals surface area contributed by atoms with Gasteiger partial charge in [-0.15, -0.1) is 0 Å². The molecule has 0 saturated heterocycles. The third-order valence-electron chi connectivity index (χ3n) is 5.91. The normalized spacial score (nSPS) is 12.2. The number of aromatic amines is 1. The molecule has 1 atom stereocenters. The smallest absolute Gasteiger partial charge is 0.191 e. The first kappa shape index (κ1) is 27.3. The molecular formula is C27H27ClN2O7S. The van der Waals surface area contributed by atoms with E-state index >= 15 is 0 Å². The third-order valence-corrected chi connectivity index (χ3v) is 7.23. The van der Waals surface area contributed by atoms with Crippen LogP contribution in [-0.2, 0) is 9.84 Å². The Morgan fingerprint density at radius 1 is 1.05 bits per heavy atom. The van der Waals surface area contributed by atoms with Crippen molar-refractivity contribution in [3.05, 3.63) is 76.9 Å². The highest BCUT2D eigenvalue weighted by atomic mass is 35.5. The van der Waals surface area contributed by atoms with Gasteiger partial charge in [0, 0.05) is 57.3 Å². The molecular weight excluding hydrogens is 532 g/mol. The minimum atomic E-state index is -3.57. The summed E-state index contributed by atoms with van der Waals surface area (Å²) >= 11 is 6.21. The van der Waals surface area contributed by atoms with E-state index in [1.165, 1.54) is 19.2 Å². The van der Waals surface area contributed by atoms with Crippen LogP contribution in [0.1, 0.15) is 22.0 Å². The summed E-state index contributed by atoms with van der Waals surface area (Å²) in [6.45, 7) is -0.256. The number of anilines is 1. The fourth-order valence-corrected chi connectivity index (χ4v) is 4.89. The van der Waals surface area contributed by atoms with Crippen molar-refractivity contribution in [3.8, 4) is 17.2 Å². The topological polar surface area (TPSA) is 127 Å². The third kappa shape index (κ3) is 5.88. The van der Waals surface area contributed by atoms with Gasteiger partial charge < -0.3 is 29.6 Å².